The standard InChI is InChI=1S/C21H21Cl2N3O4/c22-17-8-3-14(11-18(17)23)21(29)24-12-20(28)30-13-19(27)25-15-4-6-16(7-5-15)26-9-1-2-10-26/h3-8,11H,1-2,9-10,12-13H2,(H,24,29)(H,25,27). The number of hydrogen-bond acceptors (Lipinski definition) is 5. The molecule has 1 saturated heterocycles. The van der Waals surface area contributed by atoms with Crippen molar-refractivity contribution in [2.24, 2.45) is 0 Å². The van der Waals surface area contributed by atoms with Crippen molar-refractivity contribution >= 4 is 52.4 Å². The zero-order chi connectivity index (χ0) is 21.5. The summed E-state index contributed by atoms with van der Waals surface area (Å²) in [6, 6.07) is 11.9. The molecule has 1 aliphatic heterocycles. The minimum Gasteiger partial charge on any atom is -0.454 e. The Bertz CT molecular complexity index is 928. The summed E-state index contributed by atoms with van der Waals surface area (Å²) in [7, 11) is 0. The minimum atomic E-state index is -0.733. The minimum absolute atomic E-state index is 0.233. The molecule has 0 spiro atoms. The fourth-order valence-corrected chi connectivity index (χ4v) is 3.32. The number of carbonyl (C=O) groups excluding carboxylic acids is 3. The lowest BCUT2D eigenvalue weighted by molar-refractivity contribution is -0.146. The number of anilines is 2. The van der Waals surface area contributed by atoms with E-state index in [0.717, 1.165) is 18.8 Å². The Kier molecular flexibility index (Phi) is 7.54. The number of esters is 1. The van der Waals surface area contributed by atoms with Crippen molar-refractivity contribution in [1.29, 1.82) is 0 Å². The fourth-order valence-electron chi connectivity index (χ4n) is 3.02. The average molecular weight is 450 g/mol. The normalized spacial score (nSPS) is 13.1. The molecule has 0 bridgehead atoms. The van der Waals surface area contributed by atoms with Gasteiger partial charge in [-0.05, 0) is 55.3 Å². The first-order valence-corrected chi connectivity index (χ1v) is 10.2. The maximum absolute atomic E-state index is 12.0. The second-order valence-corrected chi connectivity index (χ2v) is 7.58. The van der Waals surface area contributed by atoms with Crippen LogP contribution in [0.2, 0.25) is 10.0 Å². The first-order chi connectivity index (χ1) is 14.4. The highest BCUT2D eigenvalue weighted by atomic mass is 35.5. The number of benzene rings is 2. The average Bonchev–Trinajstić information content (AvgIpc) is 3.28. The van der Waals surface area contributed by atoms with E-state index in [1.165, 1.54) is 31.0 Å². The molecule has 2 N–H and O–H groups in total. The van der Waals surface area contributed by atoms with E-state index < -0.39 is 24.4 Å². The zero-order valence-corrected chi connectivity index (χ0v) is 17.6. The van der Waals surface area contributed by atoms with Crippen LogP contribution in [0.4, 0.5) is 11.4 Å². The molecule has 3 rings (SSSR count). The van der Waals surface area contributed by atoms with E-state index >= 15 is 0 Å². The van der Waals surface area contributed by atoms with Gasteiger partial charge < -0.3 is 20.3 Å². The number of halogens is 2. The quantitative estimate of drug-likeness (QED) is 0.631. The fraction of sp³-hybridized carbons (Fsp3) is 0.286. The largest absolute Gasteiger partial charge is 0.454 e. The first kappa shape index (κ1) is 21.9. The van der Waals surface area contributed by atoms with Crippen molar-refractivity contribution in [3.05, 3.63) is 58.1 Å². The molecule has 0 atom stereocenters. The number of rotatable bonds is 7. The smallest absolute Gasteiger partial charge is 0.325 e. The van der Waals surface area contributed by atoms with Gasteiger partial charge in [-0.25, -0.2) is 0 Å². The Morgan fingerprint density at radius 3 is 2.33 bits per heavy atom. The second-order valence-electron chi connectivity index (χ2n) is 6.76. The van der Waals surface area contributed by atoms with Crippen LogP contribution in [0, 0.1) is 0 Å². The molecule has 2 amide bonds. The van der Waals surface area contributed by atoms with Gasteiger partial charge in [0.25, 0.3) is 11.8 Å². The third kappa shape index (κ3) is 6.11. The summed E-state index contributed by atoms with van der Waals surface area (Å²) in [5, 5.41) is 5.63. The molecule has 158 valence electrons. The van der Waals surface area contributed by atoms with Crippen molar-refractivity contribution in [3.8, 4) is 0 Å². The van der Waals surface area contributed by atoms with Gasteiger partial charge in [0.05, 0.1) is 10.0 Å². The molecule has 30 heavy (non-hydrogen) atoms. The maximum Gasteiger partial charge on any atom is 0.325 e. The lowest BCUT2D eigenvalue weighted by Crippen LogP contribution is -2.32. The van der Waals surface area contributed by atoms with Crippen LogP contribution in [-0.4, -0.2) is 44.0 Å². The molecule has 0 radical (unpaired) electrons. The number of hydrogen-bond donors (Lipinski definition) is 2. The van der Waals surface area contributed by atoms with E-state index in [1.54, 1.807) is 0 Å². The van der Waals surface area contributed by atoms with Crippen LogP contribution in [0.1, 0.15) is 23.2 Å². The van der Waals surface area contributed by atoms with Crippen molar-refractivity contribution < 1.29 is 19.1 Å². The highest BCUT2D eigenvalue weighted by Crippen LogP contribution is 2.23. The van der Waals surface area contributed by atoms with E-state index in [2.05, 4.69) is 15.5 Å². The van der Waals surface area contributed by atoms with Crippen molar-refractivity contribution in [2.45, 2.75) is 12.8 Å². The van der Waals surface area contributed by atoms with Gasteiger partial charge >= 0.3 is 5.97 Å². The number of ether oxygens (including phenoxy) is 1. The molecule has 1 aliphatic rings. The van der Waals surface area contributed by atoms with Gasteiger partial charge in [0.2, 0.25) is 0 Å². The van der Waals surface area contributed by atoms with Gasteiger partial charge in [-0.3, -0.25) is 14.4 Å². The summed E-state index contributed by atoms with van der Waals surface area (Å²) < 4.78 is 4.89. The molecular formula is C21H21Cl2N3O4. The predicted octanol–water partition coefficient (Wildman–Crippen LogP) is 3.51. The number of carbonyl (C=O) groups is 3. The van der Waals surface area contributed by atoms with Crippen LogP contribution in [0.15, 0.2) is 42.5 Å². The number of nitrogens with zero attached hydrogens (tertiary/aromatic N) is 1. The molecule has 1 fully saturated rings. The van der Waals surface area contributed by atoms with Crippen LogP contribution >= 0.6 is 23.2 Å². The molecule has 0 saturated carbocycles. The first-order valence-electron chi connectivity index (χ1n) is 9.46. The van der Waals surface area contributed by atoms with Crippen LogP contribution in [0.3, 0.4) is 0 Å². The van der Waals surface area contributed by atoms with Gasteiger partial charge in [-0.2, -0.15) is 0 Å². The zero-order valence-electron chi connectivity index (χ0n) is 16.1. The Hall–Kier alpha value is -2.77. The lowest BCUT2D eigenvalue weighted by atomic mass is 10.2. The molecule has 9 heteroatoms. The Labute approximate surface area is 184 Å². The molecule has 0 aromatic heterocycles. The third-order valence-electron chi connectivity index (χ3n) is 4.56. The topological polar surface area (TPSA) is 87.7 Å². The molecule has 1 heterocycles. The summed E-state index contributed by atoms with van der Waals surface area (Å²) >= 11 is 11.7. The SMILES string of the molecule is O=C(COC(=O)CNC(=O)c1ccc(Cl)c(Cl)c1)Nc1ccc(N2CCCC2)cc1. The van der Waals surface area contributed by atoms with E-state index in [9.17, 15) is 14.4 Å². The highest BCUT2D eigenvalue weighted by molar-refractivity contribution is 6.42. The van der Waals surface area contributed by atoms with Gasteiger partial charge in [0.1, 0.15) is 6.54 Å². The summed E-state index contributed by atoms with van der Waals surface area (Å²) in [5.41, 5.74) is 1.99. The van der Waals surface area contributed by atoms with Gasteiger partial charge in [0, 0.05) is 30.0 Å². The van der Waals surface area contributed by atoms with E-state index in [1.807, 2.05) is 24.3 Å². The third-order valence-corrected chi connectivity index (χ3v) is 5.30. The summed E-state index contributed by atoms with van der Waals surface area (Å²) in [5.74, 6) is -1.70. The molecule has 0 aliphatic carbocycles. The number of amides is 2. The van der Waals surface area contributed by atoms with Crippen LogP contribution in [-0.2, 0) is 14.3 Å². The molecule has 2 aromatic carbocycles. The van der Waals surface area contributed by atoms with Crippen LogP contribution in [0.5, 0.6) is 0 Å². The molecule has 0 unspecified atom stereocenters. The Balaban J connectivity index is 1.39. The van der Waals surface area contributed by atoms with E-state index in [4.69, 9.17) is 27.9 Å². The number of nitrogens with one attached hydrogen (secondary N) is 2. The second kappa shape index (κ2) is 10.3. The van der Waals surface area contributed by atoms with Crippen LogP contribution in [0.25, 0.3) is 0 Å². The Morgan fingerprint density at radius 1 is 0.967 bits per heavy atom. The van der Waals surface area contributed by atoms with Crippen molar-refractivity contribution in [1.82, 2.24) is 5.32 Å². The predicted molar refractivity (Wildman–Crippen MR) is 116 cm³/mol. The molecule has 7 nitrogen and oxygen atoms in total. The molecular weight excluding hydrogens is 429 g/mol. The molecule has 2 aromatic rings. The van der Waals surface area contributed by atoms with E-state index in [0.29, 0.717) is 10.7 Å². The summed E-state index contributed by atoms with van der Waals surface area (Å²) in [6.07, 6.45) is 2.38. The highest BCUT2D eigenvalue weighted by Gasteiger charge is 2.14. The monoisotopic (exact) mass is 449 g/mol. The van der Waals surface area contributed by atoms with Crippen molar-refractivity contribution in [2.75, 3.05) is 36.5 Å². The van der Waals surface area contributed by atoms with Crippen molar-refractivity contribution in [3.63, 3.8) is 0 Å². The summed E-state index contributed by atoms with van der Waals surface area (Å²) in [6.45, 7) is 1.26. The lowest BCUT2D eigenvalue weighted by Gasteiger charge is -2.17. The van der Waals surface area contributed by atoms with Crippen LogP contribution < -0.4 is 15.5 Å². The maximum atomic E-state index is 12.0. The van der Waals surface area contributed by atoms with Gasteiger partial charge in [0.15, 0.2) is 6.61 Å². The Morgan fingerprint density at radius 2 is 1.67 bits per heavy atom. The summed E-state index contributed by atoms with van der Waals surface area (Å²) in [4.78, 5) is 38.1. The van der Waals surface area contributed by atoms with Gasteiger partial charge in [-0.1, -0.05) is 23.2 Å². The van der Waals surface area contributed by atoms with E-state index in [-0.39, 0.29) is 17.1 Å². The van der Waals surface area contributed by atoms with Gasteiger partial charge in [-0.15, -0.1) is 0 Å².